The predicted octanol–water partition coefficient (Wildman–Crippen LogP) is 4.35. The number of nitrogens with one attached hydrogen (secondary N) is 1. The molecular weight excluding hydrogens is 402 g/mol. The number of anilines is 1. The van der Waals surface area contributed by atoms with Gasteiger partial charge in [0.05, 0.1) is 23.4 Å². The molecule has 2 amide bonds. The molecule has 170 valence electrons. The monoisotopic (exact) mass is 435 g/mol. The molecule has 0 radical (unpaired) electrons. The lowest BCUT2D eigenvalue weighted by Gasteiger charge is -2.33. The van der Waals surface area contributed by atoms with E-state index in [1.54, 1.807) is 12.1 Å². The molecule has 0 aliphatic carbocycles. The van der Waals surface area contributed by atoms with E-state index in [9.17, 15) is 9.59 Å². The van der Waals surface area contributed by atoms with Gasteiger partial charge in [0.15, 0.2) is 0 Å². The van der Waals surface area contributed by atoms with Gasteiger partial charge in [-0.15, -0.1) is 0 Å². The molecule has 0 bridgehead atoms. The van der Waals surface area contributed by atoms with Crippen LogP contribution in [-0.4, -0.2) is 60.4 Å². The second-order valence-electron chi connectivity index (χ2n) is 8.71. The topological polar surface area (TPSA) is 61.9 Å². The maximum Gasteiger partial charge on any atom is 0.261 e. The Bertz CT molecular complexity index is 932. The normalized spacial score (nSPS) is 17.0. The standard InChI is InChI=1S/C26H33N3O3/c1-3-32-24-18-19(2)10-11-23(24)27-20-12-16-28(17-13-20)14-6-7-15-29-25(30)21-8-4-5-9-22(21)26(29)31/h4-5,8-11,18,20,27H,3,6-7,12-17H2,1-2H3. The zero-order chi connectivity index (χ0) is 22.5. The first kappa shape index (κ1) is 22.3. The molecule has 2 aliphatic heterocycles. The zero-order valence-electron chi connectivity index (χ0n) is 19.1. The van der Waals surface area contributed by atoms with Gasteiger partial charge in [-0.2, -0.15) is 0 Å². The zero-order valence-corrected chi connectivity index (χ0v) is 19.1. The van der Waals surface area contributed by atoms with E-state index in [0.29, 0.717) is 30.3 Å². The molecule has 2 heterocycles. The van der Waals surface area contributed by atoms with E-state index in [1.165, 1.54) is 10.5 Å². The quantitative estimate of drug-likeness (QED) is 0.469. The molecule has 6 heteroatoms. The van der Waals surface area contributed by atoms with Crippen molar-refractivity contribution in [2.24, 2.45) is 0 Å². The molecule has 0 spiro atoms. The molecule has 2 aromatic rings. The Labute approximate surface area is 190 Å². The number of piperidine rings is 1. The molecule has 1 saturated heterocycles. The van der Waals surface area contributed by atoms with Crippen molar-refractivity contribution in [2.45, 2.75) is 45.6 Å². The number of nitrogens with zero attached hydrogens (tertiary/aromatic N) is 2. The van der Waals surface area contributed by atoms with Crippen molar-refractivity contribution in [3.05, 3.63) is 59.2 Å². The van der Waals surface area contributed by atoms with E-state index in [-0.39, 0.29) is 11.8 Å². The van der Waals surface area contributed by atoms with E-state index in [1.807, 2.05) is 19.1 Å². The number of ether oxygens (including phenoxy) is 1. The first-order valence-electron chi connectivity index (χ1n) is 11.7. The van der Waals surface area contributed by atoms with Crippen LogP contribution in [0.25, 0.3) is 0 Å². The Morgan fingerprint density at radius 2 is 1.62 bits per heavy atom. The van der Waals surface area contributed by atoms with Crippen molar-refractivity contribution in [3.8, 4) is 5.75 Å². The van der Waals surface area contributed by atoms with Crippen LogP contribution >= 0.6 is 0 Å². The number of benzene rings is 2. The predicted molar refractivity (Wildman–Crippen MR) is 126 cm³/mol. The largest absolute Gasteiger partial charge is 0.492 e. The number of rotatable bonds is 9. The highest BCUT2D eigenvalue weighted by molar-refractivity contribution is 6.21. The van der Waals surface area contributed by atoms with Gasteiger partial charge in [-0.3, -0.25) is 14.5 Å². The van der Waals surface area contributed by atoms with Crippen molar-refractivity contribution in [1.29, 1.82) is 0 Å². The Kier molecular flexibility index (Phi) is 7.10. The summed E-state index contributed by atoms with van der Waals surface area (Å²) >= 11 is 0. The van der Waals surface area contributed by atoms with Crippen molar-refractivity contribution in [3.63, 3.8) is 0 Å². The first-order chi connectivity index (χ1) is 15.6. The summed E-state index contributed by atoms with van der Waals surface area (Å²) < 4.78 is 5.80. The van der Waals surface area contributed by atoms with Crippen LogP contribution in [0.5, 0.6) is 5.75 Å². The summed E-state index contributed by atoms with van der Waals surface area (Å²) in [4.78, 5) is 28.8. The summed E-state index contributed by atoms with van der Waals surface area (Å²) in [6.07, 6.45) is 4.01. The smallest absolute Gasteiger partial charge is 0.261 e. The number of fused-ring (bicyclic) bond motifs is 1. The molecule has 2 aromatic carbocycles. The molecule has 0 saturated carbocycles. The number of aryl methyl sites for hydroxylation is 1. The third-order valence-electron chi connectivity index (χ3n) is 6.37. The lowest BCUT2D eigenvalue weighted by atomic mass is 10.0. The molecular formula is C26H33N3O3. The van der Waals surface area contributed by atoms with Crippen LogP contribution in [0.1, 0.15) is 58.9 Å². The summed E-state index contributed by atoms with van der Waals surface area (Å²) in [5.74, 6) is 0.628. The number of amides is 2. The average molecular weight is 436 g/mol. The van der Waals surface area contributed by atoms with Gasteiger partial charge in [0.25, 0.3) is 11.8 Å². The van der Waals surface area contributed by atoms with E-state index >= 15 is 0 Å². The fourth-order valence-electron chi connectivity index (χ4n) is 4.59. The SMILES string of the molecule is CCOc1cc(C)ccc1NC1CCN(CCCCN2C(=O)c3ccccc3C2=O)CC1. The Morgan fingerprint density at radius 1 is 0.969 bits per heavy atom. The molecule has 1 N–H and O–H groups in total. The van der Waals surface area contributed by atoms with Crippen LogP contribution < -0.4 is 10.1 Å². The summed E-state index contributed by atoms with van der Waals surface area (Å²) in [6.45, 7) is 8.37. The summed E-state index contributed by atoms with van der Waals surface area (Å²) in [5, 5.41) is 3.67. The third kappa shape index (κ3) is 4.96. The number of unbranched alkanes of at least 4 members (excludes halogenated alkanes) is 1. The third-order valence-corrected chi connectivity index (χ3v) is 6.37. The molecule has 2 aliphatic rings. The Balaban J connectivity index is 1.18. The van der Waals surface area contributed by atoms with Gasteiger partial charge < -0.3 is 15.0 Å². The Hall–Kier alpha value is -2.86. The highest BCUT2D eigenvalue weighted by Crippen LogP contribution is 2.28. The molecule has 0 unspecified atom stereocenters. The van der Waals surface area contributed by atoms with Crippen LogP contribution in [0.2, 0.25) is 0 Å². The fourth-order valence-corrected chi connectivity index (χ4v) is 4.59. The molecule has 4 rings (SSSR count). The first-order valence-corrected chi connectivity index (χ1v) is 11.7. The van der Waals surface area contributed by atoms with Crippen LogP contribution in [-0.2, 0) is 0 Å². The van der Waals surface area contributed by atoms with Gasteiger partial charge in [0.1, 0.15) is 5.75 Å². The van der Waals surface area contributed by atoms with Crippen LogP contribution in [0.3, 0.4) is 0 Å². The van der Waals surface area contributed by atoms with Crippen molar-refractivity contribution in [1.82, 2.24) is 9.80 Å². The van der Waals surface area contributed by atoms with Crippen LogP contribution in [0, 0.1) is 6.92 Å². The van der Waals surface area contributed by atoms with Crippen molar-refractivity contribution >= 4 is 17.5 Å². The Morgan fingerprint density at radius 3 is 2.28 bits per heavy atom. The maximum absolute atomic E-state index is 12.5. The van der Waals surface area contributed by atoms with Crippen LogP contribution in [0.4, 0.5) is 5.69 Å². The van der Waals surface area contributed by atoms with E-state index in [4.69, 9.17) is 4.74 Å². The number of hydrogen-bond donors (Lipinski definition) is 1. The molecule has 0 aromatic heterocycles. The molecule has 0 atom stereocenters. The number of carbonyl (C=O) groups excluding carboxylic acids is 2. The van der Waals surface area contributed by atoms with Gasteiger partial charge >= 0.3 is 0 Å². The molecule has 32 heavy (non-hydrogen) atoms. The van der Waals surface area contributed by atoms with Crippen molar-refractivity contribution < 1.29 is 14.3 Å². The summed E-state index contributed by atoms with van der Waals surface area (Å²) in [5.41, 5.74) is 3.35. The van der Waals surface area contributed by atoms with Gasteiger partial charge in [0, 0.05) is 25.7 Å². The number of likely N-dealkylation sites (tertiary alicyclic amines) is 1. The highest BCUT2D eigenvalue weighted by atomic mass is 16.5. The average Bonchev–Trinajstić information content (AvgIpc) is 3.04. The second kappa shape index (κ2) is 10.2. The minimum atomic E-state index is -0.153. The highest BCUT2D eigenvalue weighted by Gasteiger charge is 2.34. The van der Waals surface area contributed by atoms with Crippen molar-refractivity contribution in [2.75, 3.05) is 38.1 Å². The summed E-state index contributed by atoms with van der Waals surface area (Å²) in [6, 6.07) is 13.9. The fraction of sp³-hybridized carbons (Fsp3) is 0.462. The lowest BCUT2D eigenvalue weighted by molar-refractivity contribution is 0.0650. The van der Waals surface area contributed by atoms with E-state index in [0.717, 1.165) is 56.8 Å². The minimum Gasteiger partial charge on any atom is -0.492 e. The van der Waals surface area contributed by atoms with Gasteiger partial charge in [0.2, 0.25) is 0 Å². The maximum atomic E-state index is 12.5. The molecule has 1 fully saturated rings. The van der Waals surface area contributed by atoms with E-state index < -0.39 is 0 Å². The number of imide groups is 1. The van der Waals surface area contributed by atoms with Gasteiger partial charge in [-0.1, -0.05) is 18.2 Å². The summed E-state index contributed by atoms with van der Waals surface area (Å²) in [7, 11) is 0. The van der Waals surface area contributed by atoms with Gasteiger partial charge in [-0.25, -0.2) is 0 Å². The number of carbonyl (C=O) groups is 2. The van der Waals surface area contributed by atoms with E-state index in [2.05, 4.69) is 35.3 Å². The molecule has 6 nitrogen and oxygen atoms in total. The lowest BCUT2D eigenvalue weighted by Crippen LogP contribution is -2.39. The number of hydrogen-bond acceptors (Lipinski definition) is 5. The van der Waals surface area contributed by atoms with Gasteiger partial charge in [-0.05, 0) is 75.9 Å². The minimum absolute atomic E-state index is 0.153. The second-order valence-corrected chi connectivity index (χ2v) is 8.71. The van der Waals surface area contributed by atoms with Crippen LogP contribution in [0.15, 0.2) is 42.5 Å².